The summed E-state index contributed by atoms with van der Waals surface area (Å²) in [6.07, 6.45) is 4.64. The lowest BCUT2D eigenvalue weighted by atomic mass is 9.96. The lowest BCUT2D eigenvalue weighted by Gasteiger charge is -2.31. The molecule has 0 spiro atoms. The van der Waals surface area contributed by atoms with E-state index in [4.69, 9.17) is 0 Å². The molecule has 1 N–H and O–H groups in total. The third-order valence-corrected chi connectivity index (χ3v) is 4.94. The van der Waals surface area contributed by atoms with E-state index < -0.39 is 0 Å². The van der Waals surface area contributed by atoms with Crippen LogP contribution < -0.4 is 10.2 Å². The van der Waals surface area contributed by atoms with Gasteiger partial charge in [-0.15, -0.1) is 0 Å². The molecule has 1 aromatic heterocycles. The second kappa shape index (κ2) is 8.10. The lowest BCUT2D eigenvalue weighted by Crippen LogP contribution is -2.33. The first-order valence-electron chi connectivity index (χ1n) is 9.10. The van der Waals surface area contributed by atoms with E-state index in [1.54, 1.807) is 0 Å². The first-order valence-corrected chi connectivity index (χ1v) is 9.10. The minimum absolute atomic E-state index is 0.0226. The first kappa shape index (κ1) is 17.4. The van der Waals surface area contributed by atoms with Crippen LogP contribution >= 0.6 is 0 Å². The summed E-state index contributed by atoms with van der Waals surface area (Å²) in [5.41, 5.74) is 1.03. The van der Waals surface area contributed by atoms with Crippen LogP contribution in [0.5, 0.6) is 0 Å². The zero-order valence-corrected chi connectivity index (χ0v) is 15.0. The van der Waals surface area contributed by atoms with Crippen LogP contribution in [-0.2, 0) is 4.79 Å². The van der Waals surface area contributed by atoms with Gasteiger partial charge >= 0.3 is 0 Å². The molecule has 3 rings (SSSR count). The lowest BCUT2D eigenvalue weighted by molar-refractivity contribution is -0.117. The Bertz CT molecular complexity index is 696. The van der Waals surface area contributed by atoms with Crippen LogP contribution in [0.1, 0.15) is 44.6 Å². The Kier molecular flexibility index (Phi) is 5.64. The van der Waals surface area contributed by atoms with Crippen LogP contribution in [0, 0.1) is 5.92 Å². The molecule has 1 aliphatic rings. The van der Waals surface area contributed by atoms with Crippen molar-refractivity contribution in [1.82, 2.24) is 9.97 Å². The van der Waals surface area contributed by atoms with Gasteiger partial charge in [0.2, 0.25) is 5.91 Å². The highest BCUT2D eigenvalue weighted by Gasteiger charge is 2.20. The Labute approximate surface area is 149 Å². The van der Waals surface area contributed by atoms with Gasteiger partial charge in [-0.1, -0.05) is 44.2 Å². The largest absolute Gasteiger partial charge is 0.356 e. The number of hydrogen-bond acceptors (Lipinski definition) is 4. The van der Waals surface area contributed by atoms with Crippen LogP contribution in [0.3, 0.4) is 0 Å². The third kappa shape index (κ3) is 4.35. The molecule has 5 nitrogen and oxygen atoms in total. The van der Waals surface area contributed by atoms with Gasteiger partial charge in [-0.2, -0.15) is 0 Å². The highest BCUT2D eigenvalue weighted by Crippen LogP contribution is 2.24. The average Bonchev–Trinajstić information content (AvgIpc) is 2.64. The first-order chi connectivity index (χ1) is 12.2. The van der Waals surface area contributed by atoms with E-state index in [2.05, 4.69) is 27.1 Å². The Morgan fingerprint density at radius 3 is 2.64 bits per heavy atom. The number of nitrogens with zero attached hydrogens (tertiary/aromatic N) is 3. The van der Waals surface area contributed by atoms with Crippen LogP contribution in [0.15, 0.2) is 42.7 Å². The summed E-state index contributed by atoms with van der Waals surface area (Å²) < 4.78 is 0. The smallest absolute Gasteiger partial charge is 0.233 e. The summed E-state index contributed by atoms with van der Waals surface area (Å²) in [5.74, 6) is 2.04. The number of hydrogen-bond donors (Lipinski definition) is 1. The second-order valence-corrected chi connectivity index (χ2v) is 6.79. The molecule has 0 bridgehead atoms. The number of aromatic nitrogens is 2. The van der Waals surface area contributed by atoms with E-state index in [0.717, 1.165) is 36.8 Å². The van der Waals surface area contributed by atoms with Gasteiger partial charge in [-0.25, -0.2) is 9.97 Å². The number of piperidine rings is 1. The molecule has 25 heavy (non-hydrogen) atoms. The highest BCUT2D eigenvalue weighted by atomic mass is 16.1. The molecule has 2 heterocycles. The number of carbonyl (C=O) groups excluding carboxylic acids is 1. The Morgan fingerprint density at radius 1 is 1.24 bits per heavy atom. The minimum atomic E-state index is -0.171. The number of rotatable bonds is 5. The molecule has 1 aromatic carbocycles. The average molecular weight is 338 g/mol. The molecule has 1 unspecified atom stereocenters. The van der Waals surface area contributed by atoms with Crippen LogP contribution in [0.4, 0.5) is 11.6 Å². The zero-order valence-electron chi connectivity index (χ0n) is 15.0. The van der Waals surface area contributed by atoms with Crippen LogP contribution in [0.25, 0.3) is 0 Å². The molecule has 0 saturated carbocycles. The monoisotopic (exact) mass is 338 g/mol. The molecule has 132 valence electrons. The van der Waals surface area contributed by atoms with Crippen molar-refractivity contribution >= 4 is 17.5 Å². The number of nitrogens with one attached hydrogen (secondary N) is 1. The molecular formula is C20H26N4O. The Morgan fingerprint density at radius 2 is 1.96 bits per heavy atom. The SMILES string of the molecule is CCC(C(=O)Nc1cc(N2CCC(C)CC2)ncn1)c1ccccc1. The van der Waals surface area contributed by atoms with Gasteiger partial charge in [0, 0.05) is 19.2 Å². The number of benzene rings is 1. The summed E-state index contributed by atoms with van der Waals surface area (Å²) in [5, 5.41) is 2.96. The maximum atomic E-state index is 12.7. The van der Waals surface area contributed by atoms with Gasteiger partial charge in [0.25, 0.3) is 0 Å². The van der Waals surface area contributed by atoms with Crippen LogP contribution in [-0.4, -0.2) is 29.0 Å². The predicted molar refractivity (Wildman–Crippen MR) is 101 cm³/mol. The third-order valence-electron chi connectivity index (χ3n) is 4.94. The fourth-order valence-electron chi connectivity index (χ4n) is 3.30. The van der Waals surface area contributed by atoms with E-state index in [0.29, 0.717) is 5.82 Å². The number of amides is 1. The van der Waals surface area contributed by atoms with Gasteiger partial charge in [0.1, 0.15) is 18.0 Å². The van der Waals surface area contributed by atoms with Gasteiger partial charge in [-0.05, 0) is 30.7 Å². The van der Waals surface area contributed by atoms with E-state index >= 15 is 0 Å². The summed E-state index contributed by atoms with van der Waals surface area (Å²) >= 11 is 0. The van der Waals surface area contributed by atoms with E-state index in [9.17, 15) is 4.79 Å². The quantitative estimate of drug-likeness (QED) is 0.900. The maximum Gasteiger partial charge on any atom is 0.233 e. The minimum Gasteiger partial charge on any atom is -0.356 e. The van der Waals surface area contributed by atoms with Crippen molar-refractivity contribution in [2.24, 2.45) is 5.92 Å². The highest BCUT2D eigenvalue weighted by molar-refractivity contribution is 5.95. The molecular weight excluding hydrogens is 312 g/mol. The van der Waals surface area contributed by atoms with Crippen molar-refractivity contribution < 1.29 is 4.79 Å². The fraction of sp³-hybridized carbons (Fsp3) is 0.450. The molecule has 1 atom stereocenters. The number of anilines is 2. The standard InChI is InChI=1S/C20H26N4O/c1-3-17(16-7-5-4-6-8-16)20(25)23-18-13-19(22-14-21-18)24-11-9-15(2)10-12-24/h4-8,13-15,17H,3,9-12H2,1-2H3,(H,21,22,23,25). The molecule has 1 amide bonds. The van der Waals surface area contributed by atoms with Crippen molar-refractivity contribution in [1.29, 1.82) is 0 Å². The van der Waals surface area contributed by atoms with Crippen molar-refractivity contribution in [3.63, 3.8) is 0 Å². The van der Waals surface area contributed by atoms with Crippen molar-refractivity contribution in [2.45, 2.75) is 39.0 Å². The molecule has 2 aromatic rings. The van der Waals surface area contributed by atoms with E-state index in [1.807, 2.05) is 43.3 Å². The van der Waals surface area contributed by atoms with Crippen molar-refractivity contribution in [3.05, 3.63) is 48.3 Å². The number of carbonyl (C=O) groups is 1. The summed E-state index contributed by atoms with van der Waals surface area (Å²) in [4.78, 5) is 23.6. The van der Waals surface area contributed by atoms with Gasteiger partial charge in [0.15, 0.2) is 0 Å². The zero-order chi connectivity index (χ0) is 17.6. The van der Waals surface area contributed by atoms with E-state index in [-0.39, 0.29) is 11.8 Å². The maximum absolute atomic E-state index is 12.7. The molecule has 0 aliphatic carbocycles. The summed E-state index contributed by atoms with van der Waals surface area (Å²) in [6, 6.07) is 11.8. The molecule has 0 radical (unpaired) electrons. The molecule has 1 saturated heterocycles. The van der Waals surface area contributed by atoms with Crippen molar-refractivity contribution in [3.8, 4) is 0 Å². The normalized spacial score (nSPS) is 16.5. The van der Waals surface area contributed by atoms with Crippen molar-refractivity contribution in [2.75, 3.05) is 23.3 Å². The Balaban J connectivity index is 1.70. The molecule has 5 heteroatoms. The van der Waals surface area contributed by atoms with Crippen LogP contribution in [0.2, 0.25) is 0 Å². The van der Waals surface area contributed by atoms with Gasteiger partial charge in [-0.3, -0.25) is 4.79 Å². The predicted octanol–water partition coefficient (Wildman–Crippen LogP) is 3.85. The fourth-order valence-corrected chi connectivity index (χ4v) is 3.30. The summed E-state index contributed by atoms with van der Waals surface area (Å²) in [7, 11) is 0. The topological polar surface area (TPSA) is 58.1 Å². The van der Waals surface area contributed by atoms with E-state index in [1.165, 1.54) is 19.2 Å². The summed E-state index contributed by atoms with van der Waals surface area (Å²) in [6.45, 7) is 6.33. The van der Waals surface area contributed by atoms with Gasteiger partial charge in [0.05, 0.1) is 5.92 Å². The Hall–Kier alpha value is -2.43. The molecule has 1 aliphatic heterocycles. The van der Waals surface area contributed by atoms with Gasteiger partial charge < -0.3 is 10.2 Å². The second-order valence-electron chi connectivity index (χ2n) is 6.79. The molecule has 1 fully saturated rings.